The van der Waals surface area contributed by atoms with Crippen LogP contribution in [0.1, 0.15) is 25.3 Å². The van der Waals surface area contributed by atoms with Crippen molar-refractivity contribution >= 4 is 28.7 Å². The molecule has 3 heterocycles. The van der Waals surface area contributed by atoms with Crippen LogP contribution in [0.2, 0.25) is 0 Å². The monoisotopic (exact) mass is 441 g/mol. The van der Waals surface area contributed by atoms with Gasteiger partial charge in [0.25, 0.3) is 11.1 Å². The van der Waals surface area contributed by atoms with Gasteiger partial charge in [0.05, 0.1) is 11.3 Å². The SMILES string of the molecule is CCCCc1c(O)n2c3c(=O)n(C)c(=O)n(C)c3nc2n(-c2ccc(SC)cc2)c1=O. The van der Waals surface area contributed by atoms with Crippen LogP contribution in [0.5, 0.6) is 5.88 Å². The Balaban J connectivity index is 2.24. The molecule has 4 rings (SSSR count). The molecule has 9 nitrogen and oxygen atoms in total. The summed E-state index contributed by atoms with van der Waals surface area (Å²) < 4.78 is 4.87. The molecule has 0 bridgehead atoms. The molecule has 0 aliphatic carbocycles. The van der Waals surface area contributed by atoms with E-state index in [-0.39, 0.29) is 28.4 Å². The van der Waals surface area contributed by atoms with E-state index in [0.717, 1.165) is 15.9 Å². The lowest BCUT2D eigenvalue weighted by Crippen LogP contribution is -2.37. The topological polar surface area (TPSA) is 104 Å². The first-order chi connectivity index (χ1) is 14.8. The van der Waals surface area contributed by atoms with Gasteiger partial charge in [-0.05, 0) is 43.4 Å². The third kappa shape index (κ3) is 3.09. The summed E-state index contributed by atoms with van der Waals surface area (Å²) in [6, 6.07) is 7.37. The van der Waals surface area contributed by atoms with E-state index >= 15 is 0 Å². The van der Waals surface area contributed by atoms with Gasteiger partial charge in [0, 0.05) is 19.0 Å². The molecular weight excluding hydrogens is 418 g/mol. The van der Waals surface area contributed by atoms with Crippen LogP contribution in [0, 0.1) is 0 Å². The molecule has 0 saturated carbocycles. The lowest BCUT2D eigenvalue weighted by Gasteiger charge is -2.13. The first-order valence-electron chi connectivity index (χ1n) is 9.91. The van der Waals surface area contributed by atoms with Gasteiger partial charge in [-0.3, -0.25) is 18.7 Å². The van der Waals surface area contributed by atoms with Crippen LogP contribution < -0.4 is 16.8 Å². The fourth-order valence-electron chi connectivity index (χ4n) is 3.73. The summed E-state index contributed by atoms with van der Waals surface area (Å²) in [6.45, 7) is 1.99. The minimum atomic E-state index is -0.592. The third-order valence-corrected chi connectivity index (χ3v) is 6.24. The molecule has 4 aromatic rings. The maximum atomic E-state index is 13.4. The fourth-order valence-corrected chi connectivity index (χ4v) is 4.14. The van der Waals surface area contributed by atoms with Crippen molar-refractivity contribution in [1.29, 1.82) is 0 Å². The Morgan fingerprint density at radius 3 is 2.32 bits per heavy atom. The van der Waals surface area contributed by atoms with E-state index in [1.807, 2.05) is 25.3 Å². The molecule has 0 saturated heterocycles. The number of thioether (sulfide) groups is 1. The Kier molecular flexibility index (Phi) is 5.26. The van der Waals surface area contributed by atoms with Crippen LogP contribution in [0.3, 0.4) is 0 Å². The highest BCUT2D eigenvalue weighted by Gasteiger charge is 2.24. The van der Waals surface area contributed by atoms with Gasteiger partial charge >= 0.3 is 5.69 Å². The zero-order valence-corrected chi connectivity index (χ0v) is 18.6. The molecule has 31 heavy (non-hydrogen) atoms. The number of hydrogen-bond donors (Lipinski definition) is 1. The largest absolute Gasteiger partial charge is 0.494 e. The lowest BCUT2D eigenvalue weighted by atomic mass is 10.1. The maximum absolute atomic E-state index is 13.4. The van der Waals surface area contributed by atoms with Crippen molar-refractivity contribution in [3.05, 3.63) is 61.0 Å². The van der Waals surface area contributed by atoms with E-state index < -0.39 is 16.8 Å². The van der Waals surface area contributed by atoms with E-state index in [0.29, 0.717) is 18.5 Å². The fraction of sp³-hybridized carbons (Fsp3) is 0.333. The van der Waals surface area contributed by atoms with Crippen molar-refractivity contribution in [3.63, 3.8) is 0 Å². The van der Waals surface area contributed by atoms with Gasteiger partial charge < -0.3 is 5.11 Å². The second-order valence-electron chi connectivity index (χ2n) is 7.37. The number of hydrogen-bond acceptors (Lipinski definition) is 6. The number of aromatic nitrogens is 5. The Hall–Kier alpha value is -3.27. The number of nitrogens with zero attached hydrogens (tertiary/aromatic N) is 5. The Morgan fingerprint density at radius 1 is 1.03 bits per heavy atom. The van der Waals surface area contributed by atoms with Gasteiger partial charge in [-0.1, -0.05) is 13.3 Å². The van der Waals surface area contributed by atoms with Gasteiger partial charge in [0.2, 0.25) is 11.7 Å². The van der Waals surface area contributed by atoms with Crippen molar-refractivity contribution in [3.8, 4) is 11.6 Å². The molecule has 1 N–H and O–H groups in total. The highest BCUT2D eigenvalue weighted by Crippen LogP contribution is 2.25. The molecule has 0 atom stereocenters. The zero-order chi connectivity index (χ0) is 22.4. The molecule has 3 aromatic heterocycles. The third-order valence-electron chi connectivity index (χ3n) is 5.49. The van der Waals surface area contributed by atoms with Crippen LogP contribution in [-0.4, -0.2) is 34.4 Å². The summed E-state index contributed by atoms with van der Waals surface area (Å²) >= 11 is 1.58. The number of fused-ring (bicyclic) bond motifs is 3. The predicted molar refractivity (Wildman–Crippen MR) is 121 cm³/mol. The number of imidazole rings is 1. The van der Waals surface area contributed by atoms with E-state index in [2.05, 4.69) is 4.98 Å². The summed E-state index contributed by atoms with van der Waals surface area (Å²) in [6.07, 6.45) is 3.84. The highest BCUT2D eigenvalue weighted by atomic mass is 32.2. The predicted octanol–water partition coefficient (Wildman–Crippen LogP) is 1.81. The van der Waals surface area contributed by atoms with Gasteiger partial charge in [0.1, 0.15) is 0 Å². The number of aromatic hydroxyl groups is 1. The molecule has 0 aliphatic heterocycles. The summed E-state index contributed by atoms with van der Waals surface area (Å²) in [4.78, 5) is 44.3. The molecule has 0 fully saturated rings. The first kappa shape index (κ1) is 21.0. The molecule has 1 aromatic carbocycles. The first-order valence-corrected chi connectivity index (χ1v) is 11.1. The van der Waals surface area contributed by atoms with Gasteiger partial charge in [-0.2, -0.15) is 4.98 Å². The Labute approximate surface area is 181 Å². The average molecular weight is 442 g/mol. The molecular formula is C21H23N5O4S. The number of unbranched alkanes of at least 4 members (excludes halogenated alkanes) is 1. The summed E-state index contributed by atoms with van der Waals surface area (Å²) in [5.41, 5.74) is -0.613. The maximum Gasteiger partial charge on any atom is 0.332 e. The van der Waals surface area contributed by atoms with Crippen molar-refractivity contribution in [2.75, 3.05) is 6.26 Å². The van der Waals surface area contributed by atoms with E-state index in [4.69, 9.17) is 0 Å². The van der Waals surface area contributed by atoms with Gasteiger partial charge in [0.15, 0.2) is 11.2 Å². The van der Waals surface area contributed by atoms with Gasteiger partial charge in [-0.15, -0.1) is 11.8 Å². The quantitative estimate of drug-likeness (QED) is 0.474. The molecule has 162 valence electrons. The van der Waals surface area contributed by atoms with E-state index in [1.54, 1.807) is 23.9 Å². The molecule has 0 amide bonds. The molecule has 0 spiro atoms. The van der Waals surface area contributed by atoms with Gasteiger partial charge in [-0.25, -0.2) is 13.8 Å². The molecule has 0 radical (unpaired) electrons. The van der Waals surface area contributed by atoms with Crippen molar-refractivity contribution in [1.82, 2.24) is 23.1 Å². The Bertz CT molecular complexity index is 1490. The van der Waals surface area contributed by atoms with E-state index in [9.17, 15) is 19.5 Å². The van der Waals surface area contributed by atoms with Crippen LogP contribution in [0.4, 0.5) is 0 Å². The van der Waals surface area contributed by atoms with Crippen molar-refractivity contribution in [2.24, 2.45) is 14.1 Å². The highest BCUT2D eigenvalue weighted by molar-refractivity contribution is 7.98. The summed E-state index contributed by atoms with van der Waals surface area (Å²) in [5, 5.41) is 11.0. The lowest BCUT2D eigenvalue weighted by molar-refractivity contribution is 0.435. The van der Waals surface area contributed by atoms with Crippen LogP contribution >= 0.6 is 11.8 Å². The minimum Gasteiger partial charge on any atom is -0.494 e. The number of aryl methyl sites for hydroxylation is 1. The standard InChI is InChI=1S/C21H23N5O4S/c1-5-6-7-14-17(27)25(12-8-10-13(31-4)11-9-12)20-22-16-15(26(20)18(14)28)19(29)24(3)21(30)23(16)2/h8-11,28H,5-7H2,1-4H3. The van der Waals surface area contributed by atoms with E-state index in [1.165, 1.54) is 27.6 Å². The second kappa shape index (κ2) is 7.77. The van der Waals surface area contributed by atoms with Crippen LogP contribution in [-0.2, 0) is 20.5 Å². The normalized spacial score (nSPS) is 11.6. The molecule has 0 unspecified atom stereocenters. The summed E-state index contributed by atoms with van der Waals surface area (Å²) in [5.74, 6) is -0.239. The molecule has 10 heteroatoms. The van der Waals surface area contributed by atoms with Crippen molar-refractivity contribution in [2.45, 2.75) is 31.1 Å². The number of rotatable bonds is 5. The second-order valence-corrected chi connectivity index (χ2v) is 8.25. The minimum absolute atomic E-state index is 0.0457. The smallest absolute Gasteiger partial charge is 0.332 e. The average Bonchev–Trinajstić information content (AvgIpc) is 3.17. The van der Waals surface area contributed by atoms with Crippen molar-refractivity contribution < 1.29 is 5.11 Å². The number of benzene rings is 1. The Morgan fingerprint density at radius 2 is 1.71 bits per heavy atom. The van der Waals surface area contributed by atoms with Crippen LogP contribution in [0.15, 0.2) is 43.5 Å². The molecule has 0 aliphatic rings. The summed E-state index contributed by atoms with van der Waals surface area (Å²) in [7, 11) is 2.87. The van der Waals surface area contributed by atoms with Crippen LogP contribution in [0.25, 0.3) is 22.6 Å². The zero-order valence-electron chi connectivity index (χ0n) is 17.7.